The summed E-state index contributed by atoms with van der Waals surface area (Å²) in [7, 11) is 1.61. The molecular weight excluding hydrogens is 404 g/mol. The molecule has 0 saturated carbocycles. The van der Waals surface area contributed by atoms with Crippen molar-refractivity contribution < 1.29 is 14.3 Å². The van der Waals surface area contributed by atoms with Crippen molar-refractivity contribution in [3.8, 4) is 17.2 Å². The van der Waals surface area contributed by atoms with Gasteiger partial charge < -0.3 is 14.8 Å². The molecule has 0 saturated heterocycles. The second kappa shape index (κ2) is 9.78. The number of benzene rings is 2. The van der Waals surface area contributed by atoms with Crippen LogP contribution in [0.3, 0.4) is 0 Å². The van der Waals surface area contributed by atoms with Crippen LogP contribution in [0.25, 0.3) is 5.69 Å². The number of ether oxygens (including phenoxy) is 2. The summed E-state index contributed by atoms with van der Waals surface area (Å²) in [6.07, 6.45) is 5.26. The molecule has 0 aliphatic heterocycles. The molecule has 32 heavy (non-hydrogen) atoms. The topological polar surface area (TPSA) is 78.3 Å². The molecule has 7 heteroatoms. The fourth-order valence-corrected chi connectivity index (χ4v) is 3.18. The van der Waals surface area contributed by atoms with Gasteiger partial charge in [0.1, 0.15) is 23.8 Å². The molecule has 4 rings (SSSR count). The van der Waals surface area contributed by atoms with Gasteiger partial charge in [0.15, 0.2) is 5.69 Å². The summed E-state index contributed by atoms with van der Waals surface area (Å²) >= 11 is 0. The molecule has 1 amide bonds. The van der Waals surface area contributed by atoms with Gasteiger partial charge in [-0.25, -0.2) is 4.68 Å². The Morgan fingerprint density at radius 2 is 1.91 bits per heavy atom. The minimum absolute atomic E-state index is 0.243. The Hall–Kier alpha value is -4.13. The maximum absolute atomic E-state index is 12.6. The first-order chi connectivity index (χ1) is 15.6. The van der Waals surface area contributed by atoms with Crippen LogP contribution in [0.2, 0.25) is 0 Å². The van der Waals surface area contributed by atoms with Crippen LogP contribution in [0.4, 0.5) is 0 Å². The van der Waals surface area contributed by atoms with Gasteiger partial charge in [-0.2, -0.15) is 5.10 Å². The van der Waals surface area contributed by atoms with E-state index in [1.807, 2.05) is 61.5 Å². The Morgan fingerprint density at radius 3 is 2.66 bits per heavy atom. The van der Waals surface area contributed by atoms with Gasteiger partial charge in [0.25, 0.3) is 5.91 Å². The second-order valence-electron chi connectivity index (χ2n) is 7.30. The van der Waals surface area contributed by atoms with Crippen molar-refractivity contribution in [2.45, 2.75) is 20.1 Å². The van der Waals surface area contributed by atoms with E-state index in [1.165, 1.54) is 0 Å². The summed E-state index contributed by atoms with van der Waals surface area (Å²) in [6, 6.07) is 19.0. The molecular formula is C25H24N4O3. The molecule has 4 aromatic rings. The lowest BCUT2D eigenvalue weighted by Crippen LogP contribution is -2.23. The van der Waals surface area contributed by atoms with Crippen molar-refractivity contribution in [3.63, 3.8) is 0 Å². The maximum atomic E-state index is 12.6. The van der Waals surface area contributed by atoms with Crippen LogP contribution in [-0.2, 0) is 13.2 Å². The fraction of sp³-hybridized carbons (Fsp3) is 0.160. The number of carbonyl (C=O) groups excluding carboxylic acids is 1. The third-order valence-corrected chi connectivity index (χ3v) is 4.91. The number of hydrogen-bond donors (Lipinski definition) is 1. The van der Waals surface area contributed by atoms with E-state index in [9.17, 15) is 4.79 Å². The van der Waals surface area contributed by atoms with Crippen molar-refractivity contribution in [1.82, 2.24) is 20.1 Å². The predicted molar refractivity (Wildman–Crippen MR) is 121 cm³/mol. The second-order valence-corrected chi connectivity index (χ2v) is 7.30. The summed E-state index contributed by atoms with van der Waals surface area (Å²) in [6.45, 7) is 2.84. The van der Waals surface area contributed by atoms with E-state index < -0.39 is 0 Å². The van der Waals surface area contributed by atoms with Crippen molar-refractivity contribution in [2.24, 2.45) is 0 Å². The molecule has 2 aromatic heterocycles. The molecule has 0 bridgehead atoms. The van der Waals surface area contributed by atoms with Crippen LogP contribution in [0, 0.1) is 6.92 Å². The SMILES string of the molecule is COc1ccc(C)cc1-n1ccc(C(=O)NCc2ccc(OCc3cccnc3)cc2)n1. The molecule has 2 aromatic carbocycles. The van der Waals surface area contributed by atoms with Crippen LogP contribution < -0.4 is 14.8 Å². The molecule has 0 fully saturated rings. The predicted octanol–water partition coefficient (Wildman–Crippen LogP) is 4.09. The lowest BCUT2D eigenvalue weighted by atomic mass is 10.2. The smallest absolute Gasteiger partial charge is 0.272 e. The number of amides is 1. The average Bonchev–Trinajstić information content (AvgIpc) is 3.33. The third kappa shape index (κ3) is 5.13. The first kappa shape index (κ1) is 21.1. The molecule has 0 radical (unpaired) electrons. The van der Waals surface area contributed by atoms with Gasteiger partial charge >= 0.3 is 0 Å². The Balaban J connectivity index is 1.34. The van der Waals surface area contributed by atoms with Crippen molar-refractivity contribution in [1.29, 1.82) is 0 Å². The van der Waals surface area contributed by atoms with Crippen LogP contribution in [0.15, 0.2) is 79.3 Å². The van der Waals surface area contributed by atoms with Crippen molar-refractivity contribution >= 4 is 5.91 Å². The monoisotopic (exact) mass is 428 g/mol. The van der Waals surface area contributed by atoms with Crippen LogP contribution in [0.5, 0.6) is 11.5 Å². The van der Waals surface area contributed by atoms with Gasteiger partial charge in [-0.15, -0.1) is 0 Å². The number of nitrogens with one attached hydrogen (secondary N) is 1. The summed E-state index contributed by atoms with van der Waals surface area (Å²) in [5.41, 5.74) is 4.17. The van der Waals surface area contributed by atoms with E-state index >= 15 is 0 Å². The van der Waals surface area contributed by atoms with Gasteiger partial charge in [-0.3, -0.25) is 9.78 Å². The maximum Gasteiger partial charge on any atom is 0.272 e. The third-order valence-electron chi connectivity index (χ3n) is 4.91. The summed E-state index contributed by atoms with van der Waals surface area (Å²) in [5, 5.41) is 7.31. The van der Waals surface area contributed by atoms with Crippen LogP contribution >= 0.6 is 0 Å². The quantitative estimate of drug-likeness (QED) is 0.457. The van der Waals surface area contributed by atoms with E-state index in [0.29, 0.717) is 24.6 Å². The number of nitrogens with zero attached hydrogens (tertiary/aromatic N) is 3. The van der Waals surface area contributed by atoms with Gasteiger partial charge in [0.05, 0.1) is 7.11 Å². The summed E-state index contributed by atoms with van der Waals surface area (Å²) < 4.78 is 12.8. The number of methoxy groups -OCH3 is 1. The van der Waals surface area contributed by atoms with Crippen LogP contribution in [0.1, 0.15) is 27.2 Å². The molecule has 0 spiro atoms. The van der Waals surface area contributed by atoms with E-state index in [1.54, 1.807) is 36.4 Å². The lowest BCUT2D eigenvalue weighted by Gasteiger charge is -2.09. The number of pyridine rings is 1. The minimum Gasteiger partial charge on any atom is -0.494 e. The number of aryl methyl sites for hydroxylation is 1. The largest absolute Gasteiger partial charge is 0.494 e. The highest BCUT2D eigenvalue weighted by atomic mass is 16.5. The number of rotatable bonds is 8. The highest BCUT2D eigenvalue weighted by Gasteiger charge is 2.12. The lowest BCUT2D eigenvalue weighted by molar-refractivity contribution is 0.0945. The summed E-state index contributed by atoms with van der Waals surface area (Å²) in [5.74, 6) is 1.21. The Kier molecular flexibility index (Phi) is 6.46. The minimum atomic E-state index is -0.243. The Bertz CT molecular complexity index is 1190. The first-order valence-electron chi connectivity index (χ1n) is 10.2. The number of hydrogen-bond acceptors (Lipinski definition) is 5. The Labute approximate surface area is 186 Å². The highest BCUT2D eigenvalue weighted by molar-refractivity contribution is 5.92. The molecule has 0 aliphatic carbocycles. The van der Waals surface area contributed by atoms with Crippen LogP contribution in [-0.4, -0.2) is 27.8 Å². The molecule has 0 atom stereocenters. The number of aromatic nitrogens is 3. The molecule has 162 valence electrons. The van der Waals surface area contributed by atoms with E-state index in [4.69, 9.17) is 9.47 Å². The zero-order valence-electron chi connectivity index (χ0n) is 18.0. The van der Waals surface area contributed by atoms with E-state index in [-0.39, 0.29) is 5.91 Å². The average molecular weight is 428 g/mol. The fourth-order valence-electron chi connectivity index (χ4n) is 3.18. The van der Waals surface area contributed by atoms with Crippen molar-refractivity contribution in [2.75, 3.05) is 7.11 Å². The molecule has 7 nitrogen and oxygen atoms in total. The van der Waals surface area contributed by atoms with E-state index in [0.717, 1.165) is 28.1 Å². The zero-order chi connectivity index (χ0) is 22.3. The van der Waals surface area contributed by atoms with Gasteiger partial charge in [0, 0.05) is 30.7 Å². The summed E-state index contributed by atoms with van der Waals surface area (Å²) in [4.78, 5) is 16.6. The van der Waals surface area contributed by atoms with E-state index in [2.05, 4.69) is 15.4 Å². The molecule has 2 heterocycles. The zero-order valence-corrected chi connectivity index (χ0v) is 18.0. The Morgan fingerprint density at radius 1 is 1.06 bits per heavy atom. The standard InChI is InChI=1S/C25H24N4O3/c1-18-5-10-24(31-2)23(14-18)29-13-11-22(28-29)25(30)27-16-19-6-8-21(9-7-19)32-17-20-4-3-12-26-15-20/h3-15H,16-17H2,1-2H3,(H,27,30). The molecule has 0 aliphatic rings. The molecule has 1 N–H and O–H groups in total. The van der Waals surface area contributed by atoms with Gasteiger partial charge in [-0.1, -0.05) is 24.3 Å². The van der Waals surface area contributed by atoms with Gasteiger partial charge in [-0.05, 0) is 54.4 Å². The van der Waals surface area contributed by atoms with Gasteiger partial charge in [0.2, 0.25) is 0 Å². The number of carbonyl (C=O) groups is 1. The normalized spacial score (nSPS) is 10.6. The first-order valence-corrected chi connectivity index (χ1v) is 10.2. The van der Waals surface area contributed by atoms with Crippen molar-refractivity contribution in [3.05, 3.63) is 102 Å². The molecule has 0 unspecified atom stereocenters. The highest BCUT2D eigenvalue weighted by Crippen LogP contribution is 2.23.